The van der Waals surface area contributed by atoms with Crippen molar-refractivity contribution in [3.05, 3.63) is 0 Å². The van der Waals surface area contributed by atoms with E-state index in [9.17, 15) is 28.8 Å². The molecule has 0 saturated heterocycles. The van der Waals surface area contributed by atoms with E-state index < -0.39 is 54.1 Å². The number of carbonyl (C=O) groups excluding carboxylic acids is 6. The van der Waals surface area contributed by atoms with Gasteiger partial charge >= 0.3 is 23.9 Å². The summed E-state index contributed by atoms with van der Waals surface area (Å²) in [4.78, 5) is 67.1. The van der Waals surface area contributed by atoms with Gasteiger partial charge in [-0.1, -0.05) is 6.92 Å². The molecule has 0 aliphatic carbocycles. The Hall–Kier alpha value is -2.86. The van der Waals surface area contributed by atoms with Crippen LogP contribution in [0.4, 0.5) is 0 Å². The highest BCUT2D eigenvalue weighted by molar-refractivity contribution is 5.85. The van der Waals surface area contributed by atoms with Gasteiger partial charge in [-0.05, 0) is 41.0 Å². The molecule has 34 heavy (non-hydrogen) atoms. The van der Waals surface area contributed by atoms with Crippen molar-refractivity contribution >= 4 is 35.4 Å². The zero-order chi connectivity index (χ0) is 26.8. The van der Waals surface area contributed by atoms with Crippen molar-refractivity contribution in [2.75, 3.05) is 13.2 Å². The molecule has 12 nitrogen and oxygen atoms in total. The molecule has 0 aromatic rings. The lowest BCUT2D eigenvalue weighted by Crippen LogP contribution is -2.28. The van der Waals surface area contributed by atoms with Crippen LogP contribution in [0.3, 0.4) is 0 Å². The third-order valence-electron chi connectivity index (χ3n) is 3.90. The van der Waals surface area contributed by atoms with Crippen molar-refractivity contribution in [1.29, 1.82) is 0 Å². The first-order chi connectivity index (χ1) is 15.7. The molecule has 0 bridgehead atoms. The SMILES string of the molecule is CC(=O)C(C)OC(=O)CCC(=O)OC(C)C(=O)OCCC(=O)C(C)O.CCCOC(=O)C(C)O. The van der Waals surface area contributed by atoms with Gasteiger partial charge in [-0.25, -0.2) is 9.59 Å². The fourth-order valence-electron chi connectivity index (χ4n) is 1.75. The summed E-state index contributed by atoms with van der Waals surface area (Å²) in [5.41, 5.74) is 0. The van der Waals surface area contributed by atoms with Crippen molar-refractivity contribution in [2.45, 2.75) is 91.6 Å². The Bertz CT molecular complexity index is 683. The highest BCUT2D eigenvalue weighted by Gasteiger charge is 2.21. The van der Waals surface area contributed by atoms with Crippen molar-refractivity contribution in [1.82, 2.24) is 0 Å². The fourth-order valence-corrected chi connectivity index (χ4v) is 1.75. The number of ketones is 2. The van der Waals surface area contributed by atoms with E-state index in [1.165, 1.54) is 34.6 Å². The lowest BCUT2D eigenvalue weighted by Gasteiger charge is -2.13. The summed E-state index contributed by atoms with van der Waals surface area (Å²) >= 11 is 0. The van der Waals surface area contributed by atoms with Gasteiger partial charge < -0.3 is 29.2 Å². The summed E-state index contributed by atoms with van der Waals surface area (Å²) in [6, 6.07) is 0. The number of Topliss-reactive ketones (excluding diaryl/α,β-unsaturated/α-hetero) is 2. The van der Waals surface area contributed by atoms with E-state index in [2.05, 4.69) is 4.74 Å². The summed E-state index contributed by atoms with van der Waals surface area (Å²) in [6.45, 7) is 8.72. The summed E-state index contributed by atoms with van der Waals surface area (Å²) in [5.74, 6) is -3.73. The summed E-state index contributed by atoms with van der Waals surface area (Å²) < 4.78 is 18.9. The first-order valence-electron chi connectivity index (χ1n) is 10.8. The molecule has 0 spiro atoms. The molecule has 0 amide bonds. The summed E-state index contributed by atoms with van der Waals surface area (Å²) in [5, 5.41) is 17.6. The monoisotopic (exact) mass is 492 g/mol. The second-order valence-electron chi connectivity index (χ2n) is 7.28. The number of hydrogen-bond acceptors (Lipinski definition) is 12. The average molecular weight is 493 g/mol. The second-order valence-corrected chi connectivity index (χ2v) is 7.28. The van der Waals surface area contributed by atoms with Gasteiger partial charge in [-0.15, -0.1) is 0 Å². The zero-order valence-corrected chi connectivity index (χ0v) is 20.5. The lowest BCUT2D eigenvalue weighted by molar-refractivity contribution is -0.168. The molecule has 2 N–H and O–H groups in total. The van der Waals surface area contributed by atoms with Gasteiger partial charge in [0, 0.05) is 6.42 Å². The minimum absolute atomic E-state index is 0.149. The first kappa shape index (κ1) is 33.3. The third kappa shape index (κ3) is 17.7. The van der Waals surface area contributed by atoms with Crippen LogP contribution >= 0.6 is 0 Å². The van der Waals surface area contributed by atoms with Crippen LogP contribution in [0.5, 0.6) is 0 Å². The predicted octanol–water partition coefficient (Wildman–Crippen LogP) is 0.423. The standard InChI is InChI=1S/C16H24O9.C6H12O3/c1-9(17)11(3)24-14(20)5-6-15(21)25-12(4)16(22)23-8-7-13(19)10(2)18;1-3-4-9-6(8)5(2)7/h10-12,18H,5-8H2,1-4H3;5,7H,3-4H2,1-2H3. The van der Waals surface area contributed by atoms with Crippen LogP contribution in [-0.2, 0) is 47.7 Å². The number of carbonyl (C=O) groups is 6. The van der Waals surface area contributed by atoms with Crippen molar-refractivity contribution in [2.24, 2.45) is 0 Å². The van der Waals surface area contributed by atoms with E-state index in [1.807, 2.05) is 6.92 Å². The Morgan fingerprint density at radius 3 is 1.56 bits per heavy atom. The molecule has 4 atom stereocenters. The average Bonchev–Trinajstić information content (AvgIpc) is 2.75. The Morgan fingerprint density at radius 1 is 0.676 bits per heavy atom. The maximum absolute atomic E-state index is 11.6. The Labute approximate surface area is 198 Å². The van der Waals surface area contributed by atoms with Crippen LogP contribution in [0.1, 0.15) is 67.2 Å². The molecule has 0 heterocycles. The molecule has 0 aliphatic heterocycles. The molecule has 0 radical (unpaired) electrons. The van der Waals surface area contributed by atoms with Gasteiger partial charge in [0.25, 0.3) is 0 Å². The van der Waals surface area contributed by atoms with Crippen molar-refractivity contribution in [3.63, 3.8) is 0 Å². The maximum Gasteiger partial charge on any atom is 0.347 e. The maximum atomic E-state index is 11.6. The Morgan fingerprint density at radius 2 is 1.15 bits per heavy atom. The molecule has 0 aliphatic rings. The molecule has 12 heteroatoms. The van der Waals surface area contributed by atoms with Crippen LogP contribution in [0.2, 0.25) is 0 Å². The van der Waals surface area contributed by atoms with Gasteiger partial charge in [0.1, 0.15) is 12.2 Å². The minimum Gasteiger partial charge on any atom is -0.464 e. The Balaban J connectivity index is 0. The van der Waals surface area contributed by atoms with Crippen molar-refractivity contribution < 1.29 is 57.9 Å². The normalized spacial score (nSPS) is 13.6. The molecular formula is C22H36O12. The third-order valence-corrected chi connectivity index (χ3v) is 3.90. The lowest BCUT2D eigenvalue weighted by atomic mass is 10.2. The van der Waals surface area contributed by atoms with E-state index in [0.717, 1.165) is 6.42 Å². The second kappa shape index (κ2) is 18.6. The van der Waals surface area contributed by atoms with Gasteiger partial charge in [-0.2, -0.15) is 0 Å². The molecule has 0 aromatic carbocycles. The fraction of sp³-hybridized carbons (Fsp3) is 0.727. The molecule has 0 rings (SSSR count). The molecule has 0 fully saturated rings. The predicted molar refractivity (Wildman–Crippen MR) is 116 cm³/mol. The summed E-state index contributed by atoms with van der Waals surface area (Å²) in [6.07, 6.45) is -4.19. The van der Waals surface area contributed by atoms with Crippen LogP contribution < -0.4 is 0 Å². The number of hydrogen-bond donors (Lipinski definition) is 2. The Kier molecular flexibility index (Phi) is 18.2. The van der Waals surface area contributed by atoms with E-state index >= 15 is 0 Å². The van der Waals surface area contributed by atoms with E-state index in [4.69, 9.17) is 24.4 Å². The smallest absolute Gasteiger partial charge is 0.347 e. The summed E-state index contributed by atoms with van der Waals surface area (Å²) in [7, 11) is 0. The highest BCUT2D eigenvalue weighted by Crippen LogP contribution is 2.04. The van der Waals surface area contributed by atoms with Crippen LogP contribution in [0, 0.1) is 0 Å². The van der Waals surface area contributed by atoms with E-state index in [-0.39, 0.29) is 31.7 Å². The number of ether oxygens (including phenoxy) is 4. The molecule has 0 saturated carbocycles. The van der Waals surface area contributed by atoms with Crippen molar-refractivity contribution in [3.8, 4) is 0 Å². The largest absolute Gasteiger partial charge is 0.464 e. The molecule has 0 aromatic heterocycles. The van der Waals surface area contributed by atoms with Gasteiger partial charge in [0.2, 0.25) is 0 Å². The quantitative estimate of drug-likeness (QED) is 0.252. The minimum atomic E-state index is -1.21. The molecular weight excluding hydrogens is 456 g/mol. The molecule has 196 valence electrons. The number of esters is 4. The van der Waals surface area contributed by atoms with Gasteiger partial charge in [0.05, 0.1) is 26.1 Å². The number of rotatable bonds is 14. The first-order valence-corrected chi connectivity index (χ1v) is 10.8. The topological polar surface area (TPSA) is 180 Å². The van der Waals surface area contributed by atoms with E-state index in [0.29, 0.717) is 6.61 Å². The highest BCUT2D eigenvalue weighted by atomic mass is 16.6. The van der Waals surface area contributed by atoms with Crippen LogP contribution in [-0.4, -0.2) is 83.3 Å². The van der Waals surface area contributed by atoms with Crippen LogP contribution in [0.15, 0.2) is 0 Å². The zero-order valence-electron chi connectivity index (χ0n) is 20.5. The van der Waals surface area contributed by atoms with Gasteiger partial charge in [0.15, 0.2) is 23.8 Å². The van der Waals surface area contributed by atoms with E-state index in [1.54, 1.807) is 0 Å². The number of aliphatic hydroxyl groups excluding tert-OH is 2. The van der Waals surface area contributed by atoms with Gasteiger partial charge in [-0.3, -0.25) is 19.2 Å². The van der Waals surface area contributed by atoms with Crippen LogP contribution in [0.25, 0.3) is 0 Å². The number of aliphatic hydroxyl groups is 2. The molecule has 4 unspecified atom stereocenters.